The first-order valence-electron chi connectivity index (χ1n) is 5.54. The van der Waals surface area contributed by atoms with E-state index in [0.29, 0.717) is 13.0 Å². The first-order valence-corrected chi connectivity index (χ1v) is 6.33. The van der Waals surface area contributed by atoms with E-state index in [9.17, 15) is 4.39 Å². The molecule has 1 rings (SSSR count). The third-order valence-corrected chi connectivity index (χ3v) is 2.73. The highest BCUT2D eigenvalue weighted by atomic mass is 79.9. The summed E-state index contributed by atoms with van der Waals surface area (Å²) in [7, 11) is 0. The lowest BCUT2D eigenvalue weighted by atomic mass is 10.1. The molecule has 3 nitrogen and oxygen atoms in total. The maximum absolute atomic E-state index is 13.2. The van der Waals surface area contributed by atoms with Crippen molar-refractivity contribution in [1.29, 1.82) is 0 Å². The molecule has 0 heterocycles. The van der Waals surface area contributed by atoms with Crippen LogP contribution in [0.3, 0.4) is 0 Å². The van der Waals surface area contributed by atoms with E-state index in [0.717, 1.165) is 10.0 Å². The largest absolute Gasteiger partial charge is 0.377 e. The molecular formula is C12H18BrFN2O. The molecule has 0 aliphatic carbocycles. The van der Waals surface area contributed by atoms with E-state index in [1.807, 2.05) is 19.9 Å². The Morgan fingerprint density at radius 3 is 2.65 bits per heavy atom. The van der Waals surface area contributed by atoms with Crippen LogP contribution in [0.2, 0.25) is 0 Å². The first-order chi connectivity index (χ1) is 8.01. The third kappa shape index (κ3) is 5.59. The van der Waals surface area contributed by atoms with Gasteiger partial charge in [0, 0.05) is 10.5 Å². The predicted molar refractivity (Wildman–Crippen MR) is 70.0 cm³/mol. The van der Waals surface area contributed by atoms with E-state index in [-0.39, 0.29) is 18.0 Å². The maximum Gasteiger partial charge on any atom is 0.124 e. The summed E-state index contributed by atoms with van der Waals surface area (Å²) in [5, 5.41) is 0. The van der Waals surface area contributed by atoms with Gasteiger partial charge in [-0.2, -0.15) is 0 Å². The highest BCUT2D eigenvalue weighted by molar-refractivity contribution is 9.10. The highest BCUT2D eigenvalue weighted by Crippen LogP contribution is 2.16. The zero-order chi connectivity index (χ0) is 12.8. The molecular weight excluding hydrogens is 287 g/mol. The Balaban J connectivity index is 2.60. The molecule has 17 heavy (non-hydrogen) atoms. The van der Waals surface area contributed by atoms with Gasteiger partial charge in [-0.3, -0.25) is 11.3 Å². The monoisotopic (exact) mass is 304 g/mol. The van der Waals surface area contributed by atoms with Gasteiger partial charge in [-0.1, -0.05) is 15.9 Å². The summed E-state index contributed by atoms with van der Waals surface area (Å²) in [4.78, 5) is 0. The van der Waals surface area contributed by atoms with Gasteiger partial charge in [0.1, 0.15) is 5.82 Å². The fraction of sp³-hybridized carbons (Fsp3) is 0.500. The Bertz CT molecular complexity index is 340. The SMILES string of the molecule is CC(C)OCC(Cc1cc(F)cc(Br)c1)NN. The minimum atomic E-state index is -0.255. The molecule has 0 bridgehead atoms. The standard InChI is InChI=1S/C12H18BrFN2O/c1-8(2)17-7-12(16-15)5-9-3-10(13)6-11(14)4-9/h3-4,6,8,12,16H,5,7,15H2,1-2H3. The molecule has 1 unspecified atom stereocenters. The number of rotatable bonds is 6. The smallest absolute Gasteiger partial charge is 0.124 e. The zero-order valence-electron chi connectivity index (χ0n) is 10.0. The van der Waals surface area contributed by atoms with Gasteiger partial charge in [-0.05, 0) is 44.0 Å². The summed E-state index contributed by atoms with van der Waals surface area (Å²) in [6.45, 7) is 4.43. The number of nitrogens with one attached hydrogen (secondary N) is 1. The summed E-state index contributed by atoms with van der Waals surface area (Å²) in [5.74, 6) is 5.19. The number of hydrogen-bond donors (Lipinski definition) is 2. The second-order valence-corrected chi connectivity index (χ2v) is 5.14. The third-order valence-electron chi connectivity index (χ3n) is 2.27. The van der Waals surface area contributed by atoms with E-state index in [1.54, 1.807) is 0 Å². The molecule has 3 N–H and O–H groups in total. The van der Waals surface area contributed by atoms with Gasteiger partial charge < -0.3 is 4.74 Å². The summed E-state index contributed by atoms with van der Waals surface area (Å²) < 4.78 is 19.4. The van der Waals surface area contributed by atoms with Crippen LogP contribution in [-0.4, -0.2) is 18.8 Å². The minimum Gasteiger partial charge on any atom is -0.377 e. The number of ether oxygens (including phenoxy) is 1. The number of hydrogen-bond acceptors (Lipinski definition) is 3. The Kier molecular flexibility index (Phi) is 6.05. The van der Waals surface area contributed by atoms with Gasteiger partial charge in [-0.25, -0.2) is 4.39 Å². The molecule has 0 radical (unpaired) electrons. The van der Waals surface area contributed by atoms with Gasteiger partial charge in [0.2, 0.25) is 0 Å². The molecule has 96 valence electrons. The Morgan fingerprint density at radius 1 is 1.41 bits per heavy atom. The second kappa shape index (κ2) is 7.06. The van der Waals surface area contributed by atoms with Gasteiger partial charge in [0.15, 0.2) is 0 Å². The van der Waals surface area contributed by atoms with E-state index in [2.05, 4.69) is 21.4 Å². The average molecular weight is 305 g/mol. The van der Waals surface area contributed by atoms with Gasteiger partial charge in [0.05, 0.1) is 12.7 Å². The number of hydrazine groups is 1. The summed E-state index contributed by atoms with van der Waals surface area (Å²) in [5.41, 5.74) is 3.56. The zero-order valence-corrected chi connectivity index (χ0v) is 11.6. The lowest BCUT2D eigenvalue weighted by Crippen LogP contribution is -2.40. The van der Waals surface area contributed by atoms with Crippen LogP contribution in [0.25, 0.3) is 0 Å². The van der Waals surface area contributed by atoms with Crippen molar-refractivity contribution in [3.63, 3.8) is 0 Å². The van der Waals surface area contributed by atoms with E-state index in [1.165, 1.54) is 12.1 Å². The number of nitrogens with two attached hydrogens (primary N) is 1. The lowest BCUT2D eigenvalue weighted by molar-refractivity contribution is 0.0613. The molecule has 0 spiro atoms. The first kappa shape index (κ1) is 14.6. The van der Waals surface area contributed by atoms with Crippen LogP contribution in [0.5, 0.6) is 0 Å². The molecule has 5 heteroatoms. The highest BCUT2D eigenvalue weighted by Gasteiger charge is 2.10. The van der Waals surface area contributed by atoms with Crippen LogP contribution in [0.1, 0.15) is 19.4 Å². The van der Waals surface area contributed by atoms with Crippen molar-refractivity contribution in [2.75, 3.05) is 6.61 Å². The summed E-state index contributed by atoms with van der Waals surface area (Å²) >= 11 is 3.26. The van der Waals surface area contributed by atoms with E-state index < -0.39 is 0 Å². The summed E-state index contributed by atoms with van der Waals surface area (Å²) in [6.07, 6.45) is 0.782. The van der Waals surface area contributed by atoms with Crippen LogP contribution >= 0.6 is 15.9 Å². The van der Waals surface area contributed by atoms with Crippen molar-refractivity contribution < 1.29 is 9.13 Å². The van der Waals surface area contributed by atoms with E-state index in [4.69, 9.17) is 10.6 Å². The Labute approximate surface area is 110 Å². The van der Waals surface area contributed by atoms with Crippen LogP contribution in [-0.2, 0) is 11.2 Å². The maximum atomic E-state index is 13.2. The van der Waals surface area contributed by atoms with Crippen LogP contribution in [0.4, 0.5) is 4.39 Å². The second-order valence-electron chi connectivity index (χ2n) is 4.23. The predicted octanol–water partition coefficient (Wildman–Crippen LogP) is 2.39. The fourth-order valence-electron chi connectivity index (χ4n) is 1.49. The molecule has 0 saturated carbocycles. The molecule has 0 aliphatic rings. The minimum absolute atomic E-state index is 0.0221. The molecule has 0 saturated heterocycles. The molecule has 1 atom stereocenters. The fourth-order valence-corrected chi connectivity index (χ4v) is 2.00. The molecule has 0 aromatic heterocycles. The molecule has 1 aromatic carbocycles. The average Bonchev–Trinajstić information content (AvgIpc) is 2.22. The van der Waals surface area contributed by atoms with Gasteiger partial charge in [-0.15, -0.1) is 0 Å². The Morgan fingerprint density at radius 2 is 2.12 bits per heavy atom. The number of benzene rings is 1. The van der Waals surface area contributed by atoms with E-state index >= 15 is 0 Å². The molecule has 1 aromatic rings. The summed E-state index contributed by atoms with van der Waals surface area (Å²) in [6, 6.07) is 4.79. The van der Waals surface area contributed by atoms with Gasteiger partial charge >= 0.3 is 0 Å². The van der Waals surface area contributed by atoms with Crippen LogP contribution in [0.15, 0.2) is 22.7 Å². The lowest BCUT2D eigenvalue weighted by Gasteiger charge is -2.18. The van der Waals surface area contributed by atoms with Crippen molar-refractivity contribution >= 4 is 15.9 Å². The van der Waals surface area contributed by atoms with Crippen molar-refractivity contribution in [2.24, 2.45) is 5.84 Å². The van der Waals surface area contributed by atoms with Crippen molar-refractivity contribution in [1.82, 2.24) is 5.43 Å². The molecule has 0 aliphatic heterocycles. The van der Waals surface area contributed by atoms with Crippen molar-refractivity contribution in [2.45, 2.75) is 32.4 Å². The molecule has 0 amide bonds. The van der Waals surface area contributed by atoms with Crippen molar-refractivity contribution in [3.8, 4) is 0 Å². The Hall–Kier alpha value is -0.490. The van der Waals surface area contributed by atoms with Crippen molar-refractivity contribution in [3.05, 3.63) is 34.1 Å². The normalized spacial score (nSPS) is 13.1. The quantitative estimate of drug-likeness (QED) is 0.627. The van der Waals surface area contributed by atoms with Crippen LogP contribution < -0.4 is 11.3 Å². The molecule has 0 fully saturated rings. The topological polar surface area (TPSA) is 47.3 Å². The van der Waals surface area contributed by atoms with Gasteiger partial charge in [0.25, 0.3) is 0 Å². The number of halogens is 2. The van der Waals surface area contributed by atoms with Crippen LogP contribution in [0, 0.1) is 5.82 Å².